The van der Waals surface area contributed by atoms with Crippen molar-refractivity contribution in [3.8, 4) is 11.5 Å². The topological polar surface area (TPSA) is 86.5 Å². The maximum absolute atomic E-state index is 12.6. The molecule has 2 aromatic rings. The highest BCUT2D eigenvalue weighted by molar-refractivity contribution is 5.94. The number of methoxy groups -OCH3 is 1. The Hall–Kier alpha value is -3.26. The molecule has 0 atom stereocenters. The van der Waals surface area contributed by atoms with Crippen LogP contribution in [0, 0.1) is 0 Å². The molecule has 160 valence electrons. The molecule has 30 heavy (non-hydrogen) atoms. The van der Waals surface area contributed by atoms with Crippen molar-refractivity contribution < 1.29 is 24.3 Å². The number of likely N-dealkylation sites (N-methyl/N-ethyl adjacent to an activating group) is 1. The molecule has 1 aliphatic rings. The van der Waals surface area contributed by atoms with E-state index in [1.807, 2.05) is 12.1 Å². The highest BCUT2D eigenvalue weighted by atomic mass is 16.5. The number of hydrogen-bond donors (Lipinski definition) is 3. The predicted molar refractivity (Wildman–Crippen MR) is 115 cm³/mol. The summed E-state index contributed by atoms with van der Waals surface area (Å²) in [6.07, 6.45) is 0. The zero-order chi connectivity index (χ0) is 21.5. The lowest BCUT2D eigenvalue weighted by molar-refractivity contribution is -0.892. The van der Waals surface area contributed by atoms with Crippen LogP contribution in [0.4, 0.5) is 11.4 Å². The number of piperazine rings is 1. The molecule has 1 saturated heterocycles. The van der Waals surface area contributed by atoms with Crippen LogP contribution in [-0.4, -0.2) is 75.2 Å². The highest BCUT2D eigenvalue weighted by Gasteiger charge is 2.24. The first kappa shape index (κ1) is 21.4. The average molecular weight is 413 g/mol. The van der Waals surface area contributed by atoms with Gasteiger partial charge in [0.15, 0.2) is 6.54 Å². The number of nitrogens with one attached hydrogen (secondary N) is 2. The first-order chi connectivity index (χ1) is 14.4. The number of rotatable bonds is 7. The standard InChI is InChI=1S/C22H28N4O4/c1-24(15-21(28)23-17-4-3-5-20(14-17)30-2)22(29)16-25-10-12-26(13-11-25)18-6-8-19(27)9-7-18/h3-9,14,27H,10-13,15-16H2,1-2H3,(H,23,28)/p+1. The maximum atomic E-state index is 12.6. The number of carbonyl (C=O) groups is 2. The Morgan fingerprint density at radius 1 is 1.17 bits per heavy atom. The minimum absolute atomic E-state index is 0.00293. The lowest BCUT2D eigenvalue weighted by Crippen LogP contribution is -3.15. The number of nitrogens with zero attached hydrogens (tertiary/aromatic N) is 2. The summed E-state index contributed by atoms with van der Waals surface area (Å²) in [5.41, 5.74) is 1.71. The molecular formula is C22H29N4O4+. The van der Waals surface area contributed by atoms with Crippen molar-refractivity contribution in [2.45, 2.75) is 0 Å². The van der Waals surface area contributed by atoms with E-state index >= 15 is 0 Å². The Labute approximate surface area is 176 Å². The molecule has 1 aliphatic heterocycles. The van der Waals surface area contributed by atoms with Gasteiger partial charge in [-0.25, -0.2) is 0 Å². The Kier molecular flexibility index (Phi) is 7.13. The number of carbonyl (C=O) groups excluding carboxylic acids is 2. The van der Waals surface area contributed by atoms with Crippen LogP contribution < -0.4 is 19.9 Å². The minimum atomic E-state index is -0.244. The summed E-state index contributed by atoms with van der Waals surface area (Å²) in [5.74, 6) is 0.620. The van der Waals surface area contributed by atoms with Crippen molar-refractivity contribution in [1.82, 2.24) is 4.90 Å². The molecule has 0 spiro atoms. The number of hydrogen-bond acceptors (Lipinski definition) is 5. The van der Waals surface area contributed by atoms with Gasteiger partial charge in [0.1, 0.15) is 11.5 Å². The molecule has 0 aromatic heterocycles. The van der Waals surface area contributed by atoms with Gasteiger partial charge in [0.2, 0.25) is 5.91 Å². The molecule has 8 nitrogen and oxygen atoms in total. The lowest BCUT2D eigenvalue weighted by Gasteiger charge is -2.33. The number of amides is 2. The van der Waals surface area contributed by atoms with Crippen LogP contribution >= 0.6 is 0 Å². The molecule has 0 bridgehead atoms. The van der Waals surface area contributed by atoms with Crippen molar-refractivity contribution in [2.24, 2.45) is 0 Å². The number of ether oxygens (including phenoxy) is 1. The predicted octanol–water partition coefficient (Wildman–Crippen LogP) is 0.203. The third-order valence-electron chi connectivity index (χ3n) is 5.25. The van der Waals surface area contributed by atoms with Crippen molar-refractivity contribution in [1.29, 1.82) is 0 Å². The molecule has 2 amide bonds. The smallest absolute Gasteiger partial charge is 0.277 e. The summed E-state index contributed by atoms with van der Waals surface area (Å²) in [7, 11) is 3.22. The third-order valence-corrected chi connectivity index (χ3v) is 5.25. The molecule has 1 fully saturated rings. The molecule has 3 rings (SSSR count). The SMILES string of the molecule is COc1cccc(NC(=O)CN(C)C(=O)C[NH+]2CCN(c3ccc(O)cc3)CC2)c1. The van der Waals surface area contributed by atoms with Gasteiger partial charge >= 0.3 is 0 Å². The van der Waals surface area contributed by atoms with E-state index in [0.29, 0.717) is 18.0 Å². The van der Waals surface area contributed by atoms with Gasteiger partial charge in [-0.15, -0.1) is 0 Å². The summed E-state index contributed by atoms with van der Waals surface area (Å²) in [6, 6.07) is 14.3. The summed E-state index contributed by atoms with van der Waals surface area (Å²) < 4.78 is 5.15. The van der Waals surface area contributed by atoms with Crippen LogP contribution in [0.2, 0.25) is 0 Å². The fraction of sp³-hybridized carbons (Fsp3) is 0.364. The first-order valence-electron chi connectivity index (χ1n) is 10.00. The summed E-state index contributed by atoms with van der Waals surface area (Å²) in [6.45, 7) is 3.74. The fourth-order valence-corrected chi connectivity index (χ4v) is 3.48. The van der Waals surface area contributed by atoms with Crippen LogP contribution in [0.5, 0.6) is 11.5 Å². The second-order valence-electron chi connectivity index (χ2n) is 7.46. The average Bonchev–Trinajstić information content (AvgIpc) is 2.75. The Morgan fingerprint density at radius 3 is 2.53 bits per heavy atom. The quantitative estimate of drug-likeness (QED) is 0.604. The van der Waals surface area contributed by atoms with Gasteiger partial charge < -0.3 is 29.9 Å². The van der Waals surface area contributed by atoms with Crippen LogP contribution in [0.25, 0.3) is 0 Å². The second-order valence-corrected chi connectivity index (χ2v) is 7.46. The summed E-state index contributed by atoms with van der Waals surface area (Å²) >= 11 is 0. The van der Waals surface area contributed by atoms with E-state index in [9.17, 15) is 14.7 Å². The molecular weight excluding hydrogens is 384 g/mol. The zero-order valence-corrected chi connectivity index (χ0v) is 17.4. The Morgan fingerprint density at radius 2 is 1.87 bits per heavy atom. The molecule has 2 aromatic carbocycles. The molecule has 0 radical (unpaired) electrons. The van der Waals surface area contributed by atoms with Crippen LogP contribution in [0.15, 0.2) is 48.5 Å². The van der Waals surface area contributed by atoms with Gasteiger partial charge in [-0.1, -0.05) is 6.07 Å². The molecule has 0 unspecified atom stereocenters. The molecule has 0 saturated carbocycles. The van der Waals surface area contributed by atoms with Crippen molar-refractivity contribution in [2.75, 3.05) is 63.6 Å². The van der Waals surface area contributed by atoms with E-state index in [4.69, 9.17) is 4.74 Å². The van der Waals surface area contributed by atoms with Crippen LogP contribution in [0.1, 0.15) is 0 Å². The normalized spacial score (nSPS) is 14.3. The second kappa shape index (κ2) is 9.98. The van der Waals surface area contributed by atoms with Gasteiger partial charge in [0.25, 0.3) is 5.91 Å². The first-order valence-corrected chi connectivity index (χ1v) is 10.00. The number of phenolic OH excluding ortho intramolecular Hbond substituents is 1. The number of benzene rings is 2. The minimum Gasteiger partial charge on any atom is -0.508 e. The van der Waals surface area contributed by atoms with E-state index in [0.717, 1.165) is 31.9 Å². The Balaban J connectivity index is 1.43. The van der Waals surface area contributed by atoms with E-state index in [-0.39, 0.29) is 24.1 Å². The number of quaternary nitrogens is 1. The molecule has 8 heteroatoms. The van der Waals surface area contributed by atoms with Gasteiger partial charge in [-0.2, -0.15) is 0 Å². The van der Waals surface area contributed by atoms with Gasteiger partial charge in [0.05, 0.1) is 39.8 Å². The van der Waals surface area contributed by atoms with Crippen LogP contribution in [0.3, 0.4) is 0 Å². The third kappa shape index (κ3) is 5.87. The van der Waals surface area contributed by atoms with Crippen molar-refractivity contribution in [3.63, 3.8) is 0 Å². The van der Waals surface area contributed by atoms with E-state index < -0.39 is 0 Å². The lowest BCUT2D eigenvalue weighted by atomic mass is 10.2. The summed E-state index contributed by atoms with van der Waals surface area (Å²) in [4.78, 5) is 29.7. The van der Waals surface area contributed by atoms with Crippen molar-refractivity contribution >= 4 is 23.2 Å². The highest BCUT2D eigenvalue weighted by Crippen LogP contribution is 2.18. The van der Waals surface area contributed by atoms with E-state index in [1.165, 1.54) is 9.80 Å². The van der Waals surface area contributed by atoms with E-state index in [1.54, 1.807) is 50.6 Å². The summed E-state index contributed by atoms with van der Waals surface area (Å²) in [5, 5.41) is 12.2. The maximum Gasteiger partial charge on any atom is 0.277 e. The molecule has 1 heterocycles. The monoisotopic (exact) mass is 413 g/mol. The van der Waals surface area contributed by atoms with Crippen LogP contribution in [-0.2, 0) is 9.59 Å². The zero-order valence-electron chi connectivity index (χ0n) is 17.4. The number of aromatic hydroxyl groups is 1. The fourth-order valence-electron chi connectivity index (χ4n) is 3.48. The largest absolute Gasteiger partial charge is 0.508 e. The van der Waals surface area contributed by atoms with Crippen molar-refractivity contribution in [3.05, 3.63) is 48.5 Å². The number of anilines is 2. The molecule has 3 N–H and O–H groups in total. The molecule has 0 aliphatic carbocycles. The van der Waals surface area contributed by atoms with Gasteiger partial charge in [-0.3, -0.25) is 9.59 Å². The van der Waals surface area contributed by atoms with Gasteiger partial charge in [-0.05, 0) is 36.4 Å². The Bertz CT molecular complexity index is 864. The van der Waals surface area contributed by atoms with Gasteiger partial charge in [0, 0.05) is 24.5 Å². The van der Waals surface area contributed by atoms with E-state index in [2.05, 4.69) is 10.2 Å². The number of phenols is 1.